The fourth-order valence-corrected chi connectivity index (χ4v) is 2.40. The average Bonchev–Trinajstić information content (AvgIpc) is 2.83. The van der Waals surface area contributed by atoms with Crippen molar-refractivity contribution in [1.29, 1.82) is 0 Å². The molecule has 0 saturated heterocycles. The Morgan fingerprint density at radius 1 is 1.04 bits per heavy atom. The van der Waals surface area contributed by atoms with Gasteiger partial charge in [-0.15, -0.1) is 0 Å². The monoisotopic (exact) mass is 325 g/mol. The Morgan fingerprint density at radius 2 is 1.71 bits per heavy atom. The van der Waals surface area contributed by atoms with Crippen molar-refractivity contribution < 1.29 is 19.1 Å². The summed E-state index contributed by atoms with van der Waals surface area (Å²) < 4.78 is 9.69. The van der Waals surface area contributed by atoms with Gasteiger partial charge in [-0.2, -0.15) is 0 Å². The highest BCUT2D eigenvalue weighted by atomic mass is 16.5. The van der Waals surface area contributed by atoms with E-state index >= 15 is 0 Å². The van der Waals surface area contributed by atoms with E-state index in [-0.39, 0.29) is 11.3 Å². The summed E-state index contributed by atoms with van der Waals surface area (Å²) in [6.45, 7) is 5.85. The maximum absolute atomic E-state index is 12.4. The number of carbonyl (C=O) groups excluding carboxylic acids is 2. The Morgan fingerprint density at radius 3 is 2.33 bits per heavy atom. The molecule has 1 aliphatic heterocycles. The fraction of sp³-hybridized carbons (Fsp3) is 0.158. The first kappa shape index (κ1) is 17.3. The summed E-state index contributed by atoms with van der Waals surface area (Å²) in [6.07, 6.45) is 6.62. The minimum atomic E-state index is -0.636. The van der Waals surface area contributed by atoms with Crippen LogP contribution in [0.25, 0.3) is 5.57 Å². The molecule has 5 heteroatoms. The Labute approximate surface area is 141 Å². The Balaban J connectivity index is 2.73. The number of allylic oxidation sites excluding steroid dienone is 3. The molecular formula is C19H19NO4. The zero-order chi connectivity index (χ0) is 17.7. The number of nitrogens with zero attached hydrogens (tertiary/aromatic N) is 1. The fourth-order valence-electron chi connectivity index (χ4n) is 2.40. The number of carbonyl (C=O) groups is 2. The van der Waals surface area contributed by atoms with Crippen molar-refractivity contribution in [2.45, 2.75) is 6.92 Å². The number of hydrogen-bond acceptors (Lipinski definition) is 5. The van der Waals surface area contributed by atoms with E-state index in [4.69, 9.17) is 9.47 Å². The van der Waals surface area contributed by atoms with Gasteiger partial charge in [-0.25, -0.2) is 9.59 Å². The van der Waals surface area contributed by atoms with Crippen LogP contribution in [0.1, 0.15) is 12.5 Å². The van der Waals surface area contributed by atoms with Gasteiger partial charge >= 0.3 is 11.9 Å². The minimum Gasteiger partial charge on any atom is -0.465 e. The smallest absolute Gasteiger partial charge is 0.355 e. The van der Waals surface area contributed by atoms with Crippen LogP contribution in [0.3, 0.4) is 0 Å². The van der Waals surface area contributed by atoms with E-state index in [1.54, 1.807) is 23.3 Å². The highest BCUT2D eigenvalue weighted by Crippen LogP contribution is 2.32. The summed E-state index contributed by atoms with van der Waals surface area (Å²) in [5.41, 5.74) is 2.61. The number of rotatable bonds is 4. The second-order valence-electron chi connectivity index (χ2n) is 5.11. The van der Waals surface area contributed by atoms with Crippen LogP contribution in [-0.2, 0) is 19.1 Å². The van der Waals surface area contributed by atoms with Crippen molar-refractivity contribution in [1.82, 2.24) is 0 Å². The predicted molar refractivity (Wildman–Crippen MR) is 93.0 cm³/mol. The topological polar surface area (TPSA) is 55.8 Å². The molecule has 1 aromatic carbocycles. The van der Waals surface area contributed by atoms with E-state index in [1.165, 1.54) is 20.3 Å². The molecule has 0 N–H and O–H groups in total. The van der Waals surface area contributed by atoms with Crippen LogP contribution >= 0.6 is 0 Å². The van der Waals surface area contributed by atoms with Crippen LogP contribution < -0.4 is 4.90 Å². The third-order valence-corrected chi connectivity index (χ3v) is 3.51. The number of methoxy groups -OCH3 is 2. The number of hydrogen-bond donors (Lipinski definition) is 0. The van der Waals surface area contributed by atoms with Gasteiger partial charge in [0.05, 0.1) is 25.5 Å². The van der Waals surface area contributed by atoms with Gasteiger partial charge in [-0.3, -0.25) is 0 Å². The average molecular weight is 325 g/mol. The number of para-hydroxylation sites is 1. The summed E-state index contributed by atoms with van der Waals surface area (Å²) in [6, 6.07) is 7.48. The molecule has 5 nitrogen and oxygen atoms in total. The Kier molecular flexibility index (Phi) is 5.37. The largest absolute Gasteiger partial charge is 0.465 e. The molecule has 1 aromatic rings. The van der Waals surface area contributed by atoms with Crippen molar-refractivity contribution >= 4 is 23.2 Å². The van der Waals surface area contributed by atoms with Crippen LogP contribution in [0, 0.1) is 0 Å². The van der Waals surface area contributed by atoms with Crippen molar-refractivity contribution in [3.63, 3.8) is 0 Å². The Bertz CT molecular complexity index is 771. The van der Waals surface area contributed by atoms with Crippen molar-refractivity contribution in [3.8, 4) is 0 Å². The standard InChI is InChI=1S/C19H19NO4/c1-13(2)14-9-5-6-11-16(14)20-12-8-7-10-15(18(21)23-3)17(20)19(22)24-4/h5-12H,1H2,2-4H3. The van der Waals surface area contributed by atoms with Gasteiger partial charge < -0.3 is 14.4 Å². The van der Waals surface area contributed by atoms with Gasteiger partial charge in [-0.05, 0) is 30.7 Å². The maximum atomic E-state index is 12.4. The van der Waals surface area contributed by atoms with Gasteiger partial charge in [0, 0.05) is 11.8 Å². The molecule has 0 bridgehead atoms. The molecule has 0 unspecified atom stereocenters. The van der Waals surface area contributed by atoms with Crippen LogP contribution in [0.4, 0.5) is 5.69 Å². The summed E-state index contributed by atoms with van der Waals surface area (Å²) in [5.74, 6) is -1.25. The molecular weight excluding hydrogens is 306 g/mol. The van der Waals surface area contributed by atoms with E-state index in [2.05, 4.69) is 6.58 Å². The molecule has 0 aromatic heterocycles. The van der Waals surface area contributed by atoms with Gasteiger partial charge in [0.1, 0.15) is 5.70 Å². The molecule has 0 radical (unpaired) electrons. The third-order valence-electron chi connectivity index (χ3n) is 3.51. The first-order valence-corrected chi connectivity index (χ1v) is 7.31. The van der Waals surface area contributed by atoms with E-state index in [0.717, 1.165) is 11.1 Å². The minimum absolute atomic E-state index is 0.0862. The molecule has 1 aliphatic rings. The highest BCUT2D eigenvalue weighted by molar-refractivity contribution is 6.05. The number of esters is 2. The first-order chi connectivity index (χ1) is 11.5. The molecule has 124 valence electrons. The number of anilines is 1. The van der Waals surface area contributed by atoms with E-state index in [1.807, 2.05) is 31.2 Å². The zero-order valence-electron chi connectivity index (χ0n) is 13.9. The summed E-state index contributed by atoms with van der Waals surface area (Å²) in [4.78, 5) is 26.1. The molecule has 0 amide bonds. The maximum Gasteiger partial charge on any atom is 0.355 e. The van der Waals surface area contributed by atoms with Crippen molar-refractivity contribution in [2.75, 3.05) is 19.1 Å². The highest BCUT2D eigenvalue weighted by Gasteiger charge is 2.28. The van der Waals surface area contributed by atoms with Crippen LogP contribution in [0.2, 0.25) is 0 Å². The number of benzene rings is 1. The molecule has 0 spiro atoms. The molecule has 24 heavy (non-hydrogen) atoms. The molecule has 0 fully saturated rings. The molecule has 1 heterocycles. The second kappa shape index (κ2) is 7.46. The van der Waals surface area contributed by atoms with Gasteiger partial charge in [0.2, 0.25) is 0 Å². The lowest BCUT2D eigenvalue weighted by atomic mass is 10.0. The summed E-state index contributed by atoms with van der Waals surface area (Å²) in [7, 11) is 2.54. The quantitative estimate of drug-likeness (QED) is 0.796. The zero-order valence-corrected chi connectivity index (χ0v) is 13.9. The van der Waals surface area contributed by atoms with Crippen LogP contribution in [0.15, 0.2) is 66.5 Å². The van der Waals surface area contributed by atoms with E-state index < -0.39 is 11.9 Å². The van der Waals surface area contributed by atoms with Gasteiger partial charge in [-0.1, -0.05) is 30.9 Å². The molecule has 0 aliphatic carbocycles. The molecule has 2 rings (SSSR count). The second-order valence-corrected chi connectivity index (χ2v) is 5.11. The van der Waals surface area contributed by atoms with E-state index in [9.17, 15) is 9.59 Å². The van der Waals surface area contributed by atoms with E-state index in [0.29, 0.717) is 5.69 Å². The number of ether oxygens (including phenoxy) is 2. The third kappa shape index (κ3) is 3.30. The normalized spacial score (nSPS) is 13.5. The van der Waals surface area contributed by atoms with Gasteiger partial charge in [0.15, 0.2) is 0 Å². The molecule has 0 saturated carbocycles. The van der Waals surface area contributed by atoms with Gasteiger partial charge in [0.25, 0.3) is 0 Å². The SMILES string of the molecule is C=C(C)c1ccccc1N1C=CC=CC(C(=O)OC)=C1C(=O)OC. The summed E-state index contributed by atoms with van der Waals surface area (Å²) >= 11 is 0. The van der Waals surface area contributed by atoms with Crippen LogP contribution in [-0.4, -0.2) is 26.2 Å². The lowest BCUT2D eigenvalue weighted by molar-refractivity contribution is -0.139. The lowest BCUT2D eigenvalue weighted by Gasteiger charge is -2.25. The van der Waals surface area contributed by atoms with Crippen LogP contribution in [0.5, 0.6) is 0 Å². The predicted octanol–water partition coefficient (Wildman–Crippen LogP) is 3.21. The lowest BCUT2D eigenvalue weighted by Crippen LogP contribution is -2.27. The summed E-state index contributed by atoms with van der Waals surface area (Å²) in [5, 5.41) is 0. The van der Waals surface area contributed by atoms with Crippen molar-refractivity contribution in [2.24, 2.45) is 0 Å². The Hall–Kier alpha value is -3.08. The molecule has 0 atom stereocenters. The van der Waals surface area contributed by atoms with Crippen molar-refractivity contribution in [3.05, 3.63) is 72.1 Å². The first-order valence-electron chi connectivity index (χ1n) is 7.31.